The summed E-state index contributed by atoms with van der Waals surface area (Å²) in [5.41, 5.74) is 5.22. The summed E-state index contributed by atoms with van der Waals surface area (Å²) in [7, 11) is 0. The molecule has 0 fully saturated rings. The molecule has 0 aromatic heterocycles. The molecular formula is C6H12Cl2N2O2. The monoisotopic (exact) mass is 214 g/mol. The molecule has 4 nitrogen and oxygen atoms in total. The van der Waals surface area contributed by atoms with Crippen LogP contribution in [0.5, 0.6) is 0 Å². The Morgan fingerprint density at radius 1 is 1.58 bits per heavy atom. The number of aliphatic carboxylic acids is 1. The lowest BCUT2D eigenvalue weighted by Gasteiger charge is -2.13. The fourth-order valence-electron chi connectivity index (χ4n) is 0.752. The van der Waals surface area contributed by atoms with Crippen molar-refractivity contribution in [3.63, 3.8) is 0 Å². The molecule has 72 valence electrons. The highest BCUT2D eigenvalue weighted by atomic mass is 35.5. The van der Waals surface area contributed by atoms with Gasteiger partial charge < -0.3 is 10.8 Å². The third kappa shape index (κ3) is 5.60. The second-order valence-corrected chi connectivity index (χ2v) is 3.39. The van der Waals surface area contributed by atoms with Crippen molar-refractivity contribution in [1.82, 2.24) is 5.32 Å². The van der Waals surface area contributed by atoms with Crippen LogP contribution in [-0.2, 0) is 4.79 Å². The van der Waals surface area contributed by atoms with Gasteiger partial charge in [-0.25, -0.2) is 0 Å². The van der Waals surface area contributed by atoms with E-state index in [9.17, 15) is 4.79 Å². The Kier molecular flexibility index (Phi) is 6.47. The van der Waals surface area contributed by atoms with Gasteiger partial charge in [0.15, 0.2) is 4.96 Å². The Morgan fingerprint density at radius 2 is 2.17 bits per heavy atom. The minimum absolute atomic E-state index is 0.432. The standard InChI is InChI=1S/C6H12Cl2N2O2/c7-6(8)10-4(5(11)12)2-1-3-9/h4,6,10H,1-3,9H2,(H,11,12). The lowest BCUT2D eigenvalue weighted by atomic mass is 10.1. The third-order valence-electron chi connectivity index (χ3n) is 1.32. The highest BCUT2D eigenvalue weighted by molar-refractivity contribution is 6.44. The van der Waals surface area contributed by atoms with Gasteiger partial charge in [0.1, 0.15) is 6.04 Å². The summed E-state index contributed by atoms with van der Waals surface area (Å²) in [5.74, 6) is -0.963. The SMILES string of the molecule is NCCCC(NC(Cl)Cl)C(=O)O. The summed E-state index contributed by atoms with van der Waals surface area (Å²) in [6.45, 7) is 0.459. The molecule has 4 N–H and O–H groups in total. The summed E-state index contributed by atoms with van der Waals surface area (Å²) < 4.78 is 0. The maximum atomic E-state index is 10.5. The topological polar surface area (TPSA) is 75.3 Å². The summed E-state index contributed by atoms with van der Waals surface area (Å²) in [6, 6.07) is -0.714. The van der Waals surface area contributed by atoms with Crippen molar-refractivity contribution in [3.05, 3.63) is 0 Å². The smallest absolute Gasteiger partial charge is 0.320 e. The van der Waals surface area contributed by atoms with E-state index in [2.05, 4.69) is 5.32 Å². The number of rotatable bonds is 6. The van der Waals surface area contributed by atoms with Crippen molar-refractivity contribution in [1.29, 1.82) is 0 Å². The van der Waals surface area contributed by atoms with Gasteiger partial charge in [-0.2, -0.15) is 0 Å². The number of nitrogens with two attached hydrogens (primary N) is 1. The Morgan fingerprint density at radius 3 is 2.50 bits per heavy atom. The number of carbonyl (C=O) groups is 1. The van der Waals surface area contributed by atoms with Crippen LogP contribution in [0.2, 0.25) is 0 Å². The Bertz CT molecular complexity index is 144. The molecule has 1 atom stereocenters. The van der Waals surface area contributed by atoms with E-state index in [4.69, 9.17) is 34.0 Å². The molecule has 0 bridgehead atoms. The molecule has 0 rings (SSSR count). The Labute approximate surface area is 81.0 Å². The maximum absolute atomic E-state index is 10.5. The minimum Gasteiger partial charge on any atom is -0.480 e. The second-order valence-electron chi connectivity index (χ2n) is 2.29. The zero-order valence-electron chi connectivity index (χ0n) is 6.46. The van der Waals surface area contributed by atoms with Gasteiger partial charge in [-0.15, -0.1) is 0 Å². The van der Waals surface area contributed by atoms with Crippen LogP contribution in [0.4, 0.5) is 0 Å². The van der Waals surface area contributed by atoms with Crippen molar-refractivity contribution in [2.24, 2.45) is 5.73 Å². The number of nitrogens with one attached hydrogen (secondary N) is 1. The molecule has 0 aromatic carbocycles. The van der Waals surface area contributed by atoms with E-state index in [0.29, 0.717) is 19.4 Å². The average molecular weight is 215 g/mol. The summed E-state index contributed by atoms with van der Waals surface area (Å²) in [6.07, 6.45) is 1.06. The Hall–Kier alpha value is -0.0300. The van der Waals surface area contributed by atoms with Gasteiger partial charge >= 0.3 is 5.97 Å². The average Bonchev–Trinajstić information content (AvgIpc) is 1.96. The highest BCUT2D eigenvalue weighted by Crippen LogP contribution is 2.03. The molecule has 12 heavy (non-hydrogen) atoms. The molecule has 0 aliphatic carbocycles. The van der Waals surface area contributed by atoms with Crippen molar-refractivity contribution in [3.8, 4) is 0 Å². The van der Waals surface area contributed by atoms with E-state index < -0.39 is 17.0 Å². The normalized spacial score (nSPS) is 13.3. The second kappa shape index (κ2) is 6.48. The molecule has 0 amide bonds. The van der Waals surface area contributed by atoms with Crippen LogP contribution in [0.3, 0.4) is 0 Å². The van der Waals surface area contributed by atoms with Gasteiger partial charge in [-0.05, 0) is 19.4 Å². The molecule has 6 heteroatoms. The van der Waals surface area contributed by atoms with Crippen LogP contribution in [0.1, 0.15) is 12.8 Å². The predicted octanol–water partition coefficient (Wildman–Crippen LogP) is 0.529. The first-order chi connectivity index (χ1) is 5.57. The maximum Gasteiger partial charge on any atom is 0.320 e. The molecule has 0 aromatic rings. The highest BCUT2D eigenvalue weighted by Gasteiger charge is 2.18. The molecule has 0 radical (unpaired) electrons. The fraction of sp³-hybridized carbons (Fsp3) is 0.833. The molecular weight excluding hydrogens is 203 g/mol. The van der Waals surface area contributed by atoms with Gasteiger partial charge in [0.25, 0.3) is 0 Å². The number of carboxylic acids is 1. The zero-order valence-corrected chi connectivity index (χ0v) is 7.98. The van der Waals surface area contributed by atoms with E-state index in [1.807, 2.05) is 0 Å². The van der Waals surface area contributed by atoms with Crippen molar-refractivity contribution >= 4 is 29.2 Å². The van der Waals surface area contributed by atoms with Gasteiger partial charge in [-0.3, -0.25) is 10.1 Å². The molecule has 0 aliphatic heterocycles. The largest absolute Gasteiger partial charge is 0.480 e. The summed E-state index contributed by atoms with van der Waals surface area (Å²) >= 11 is 10.7. The van der Waals surface area contributed by atoms with Crippen LogP contribution < -0.4 is 11.1 Å². The molecule has 0 heterocycles. The molecule has 1 unspecified atom stereocenters. The van der Waals surface area contributed by atoms with Crippen LogP contribution in [0, 0.1) is 0 Å². The number of alkyl halides is 2. The van der Waals surface area contributed by atoms with Crippen LogP contribution >= 0.6 is 23.2 Å². The molecule has 0 saturated carbocycles. The van der Waals surface area contributed by atoms with Crippen molar-refractivity contribution < 1.29 is 9.90 Å². The first kappa shape index (κ1) is 12.0. The molecule has 0 spiro atoms. The number of halogens is 2. The lowest BCUT2D eigenvalue weighted by Crippen LogP contribution is -2.39. The third-order valence-corrected chi connectivity index (χ3v) is 1.57. The quantitative estimate of drug-likeness (QED) is 0.446. The van der Waals surface area contributed by atoms with Crippen molar-refractivity contribution in [2.45, 2.75) is 23.8 Å². The molecule has 0 aliphatic rings. The number of hydrogen-bond donors (Lipinski definition) is 3. The number of hydrogen-bond acceptors (Lipinski definition) is 3. The van der Waals surface area contributed by atoms with E-state index in [0.717, 1.165) is 0 Å². The lowest BCUT2D eigenvalue weighted by molar-refractivity contribution is -0.139. The van der Waals surface area contributed by atoms with Gasteiger partial charge in [0.2, 0.25) is 0 Å². The molecule has 0 saturated heterocycles. The summed E-state index contributed by atoms with van der Waals surface area (Å²) in [5, 5.41) is 11.1. The van der Waals surface area contributed by atoms with Gasteiger partial charge in [0, 0.05) is 0 Å². The van der Waals surface area contributed by atoms with E-state index in [-0.39, 0.29) is 0 Å². The van der Waals surface area contributed by atoms with Gasteiger partial charge in [-0.1, -0.05) is 23.2 Å². The van der Waals surface area contributed by atoms with Crippen molar-refractivity contribution in [2.75, 3.05) is 6.54 Å². The first-order valence-electron chi connectivity index (χ1n) is 3.55. The van der Waals surface area contributed by atoms with Crippen LogP contribution in [-0.4, -0.2) is 28.6 Å². The summed E-state index contributed by atoms with van der Waals surface area (Å²) in [4.78, 5) is 9.66. The zero-order chi connectivity index (χ0) is 9.56. The Balaban J connectivity index is 3.78. The van der Waals surface area contributed by atoms with E-state index in [1.54, 1.807) is 0 Å². The van der Waals surface area contributed by atoms with E-state index >= 15 is 0 Å². The minimum atomic E-state index is -0.963. The number of carboxylic acid groups (broad SMARTS) is 1. The fourth-order valence-corrected chi connectivity index (χ4v) is 1.06. The predicted molar refractivity (Wildman–Crippen MR) is 48.3 cm³/mol. The first-order valence-corrected chi connectivity index (χ1v) is 4.42. The van der Waals surface area contributed by atoms with Gasteiger partial charge in [0.05, 0.1) is 0 Å². The van der Waals surface area contributed by atoms with Crippen LogP contribution in [0.25, 0.3) is 0 Å². The van der Waals surface area contributed by atoms with Crippen LogP contribution in [0.15, 0.2) is 0 Å². The van der Waals surface area contributed by atoms with E-state index in [1.165, 1.54) is 0 Å².